The largest absolute Gasteiger partial charge is 0.394 e. The van der Waals surface area contributed by atoms with Crippen LogP contribution in [0.25, 0.3) is 0 Å². The molecule has 5 nitrogen and oxygen atoms in total. The van der Waals surface area contributed by atoms with E-state index < -0.39 is 17.5 Å². The highest BCUT2D eigenvalue weighted by Crippen LogP contribution is 2.15. The molecule has 112 valence electrons. The third-order valence-electron chi connectivity index (χ3n) is 3.26. The number of amides is 1. The van der Waals surface area contributed by atoms with Gasteiger partial charge in [-0.15, -0.1) is 6.42 Å². The fourth-order valence-electron chi connectivity index (χ4n) is 2.18. The number of benzene rings is 1. The summed E-state index contributed by atoms with van der Waals surface area (Å²) in [6.07, 6.45) is 6.64. The first-order chi connectivity index (χ1) is 10.7. The lowest BCUT2D eigenvalue weighted by Gasteiger charge is -2.18. The SMILES string of the molecule is C#CCNC(=O)c1cccn([C@H](CO)c2ccccc2)c1=O. The molecule has 0 bridgehead atoms. The minimum atomic E-state index is -0.547. The van der Waals surface area contributed by atoms with Crippen molar-refractivity contribution in [2.24, 2.45) is 0 Å². The molecule has 1 atom stereocenters. The van der Waals surface area contributed by atoms with Crippen molar-refractivity contribution < 1.29 is 9.90 Å². The monoisotopic (exact) mass is 296 g/mol. The van der Waals surface area contributed by atoms with Crippen molar-refractivity contribution in [1.82, 2.24) is 9.88 Å². The molecule has 2 rings (SSSR count). The second-order valence-corrected chi connectivity index (χ2v) is 4.63. The fourth-order valence-corrected chi connectivity index (χ4v) is 2.18. The van der Waals surface area contributed by atoms with Crippen molar-refractivity contribution in [1.29, 1.82) is 0 Å². The van der Waals surface area contributed by atoms with E-state index >= 15 is 0 Å². The molecule has 1 aromatic carbocycles. The van der Waals surface area contributed by atoms with Crippen LogP contribution in [0.1, 0.15) is 22.0 Å². The highest BCUT2D eigenvalue weighted by molar-refractivity contribution is 5.93. The molecule has 1 amide bonds. The van der Waals surface area contributed by atoms with Crippen LogP contribution in [0, 0.1) is 12.3 Å². The lowest BCUT2D eigenvalue weighted by molar-refractivity contribution is 0.0956. The first-order valence-corrected chi connectivity index (χ1v) is 6.77. The van der Waals surface area contributed by atoms with Crippen LogP contribution in [0.15, 0.2) is 53.5 Å². The molecule has 0 aliphatic carbocycles. The summed E-state index contributed by atoms with van der Waals surface area (Å²) in [6.45, 7) is -0.200. The number of hydrogen-bond donors (Lipinski definition) is 2. The molecule has 0 aliphatic rings. The van der Waals surface area contributed by atoms with Gasteiger partial charge in [-0.1, -0.05) is 36.3 Å². The van der Waals surface area contributed by atoms with Gasteiger partial charge in [0, 0.05) is 6.20 Å². The van der Waals surface area contributed by atoms with Gasteiger partial charge < -0.3 is 15.0 Å². The summed E-state index contributed by atoms with van der Waals surface area (Å²) in [5.41, 5.74) is 0.306. The molecule has 1 heterocycles. The summed E-state index contributed by atoms with van der Waals surface area (Å²) in [5.74, 6) is 1.76. The van der Waals surface area contributed by atoms with Gasteiger partial charge in [0.25, 0.3) is 11.5 Å². The molecular formula is C17H16N2O3. The van der Waals surface area contributed by atoms with Crippen molar-refractivity contribution >= 4 is 5.91 Å². The van der Waals surface area contributed by atoms with E-state index in [1.54, 1.807) is 12.3 Å². The van der Waals surface area contributed by atoms with E-state index in [0.717, 1.165) is 5.56 Å². The molecule has 0 radical (unpaired) electrons. The van der Waals surface area contributed by atoms with Crippen molar-refractivity contribution in [3.05, 3.63) is 70.1 Å². The summed E-state index contributed by atoms with van der Waals surface area (Å²) < 4.78 is 1.35. The molecule has 0 spiro atoms. The number of aliphatic hydroxyl groups excluding tert-OH is 1. The van der Waals surface area contributed by atoms with Crippen LogP contribution >= 0.6 is 0 Å². The molecule has 22 heavy (non-hydrogen) atoms. The van der Waals surface area contributed by atoms with Crippen LogP contribution in [-0.2, 0) is 0 Å². The molecule has 0 unspecified atom stereocenters. The molecule has 1 aromatic heterocycles. The van der Waals surface area contributed by atoms with Crippen LogP contribution in [-0.4, -0.2) is 28.7 Å². The third kappa shape index (κ3) is 3.25. The maximum atomic E-state index is 12.5. The number of carbonyl (C=O) groups is 1. The lowest BCUT2D eigenvalue weighted by atomic mass is 10.1. The number of nitrogens with zero attached hydrogens (tertiary/aromatic N) is 1. The Labute approximate surface area is 128 Å². The first-order valence-electron chi connectivity index (χ1n) is 6.77. The number of carbonyl (C=O) groups excluding carboxylic acids is 1. The minimum absolute atomic E-state index is 0.00729. The molecule has 5 heteroatoms. The molecule has 0 saturated heterocycles. The number of terminal acetylenes is 1. The summed E-state index contributed by atoms with van der Waals surface area (Å²) in [6, 6.07) is 11.6. The fraction of sp³-hybridized carbons (Fsp3) is 0.176. The van der Waals surface area contributed by atoms with Crippen molar-refractivity contribution in [2.45, 2.75) is 6.04 Å². The predicted molar refractivity (Wildman–Crippen MR) is 83.5 cm³/mol. The average molecular weight is 296 g/mol. The maximum Gasteiger partial charge on any atom is 0.264 e. The number of nitrogens with one attached hydrogen (secondary N) is 1. The Morgan fingerprint density at radius 2 is 2.00 bits per heavy atom. The molecule has 0 aliphatic heterocycles. The van der Waals surface area contributed by atoms with Crippen LogP contribution in [0.3, 0.4) is 0 Å². The van der Waals surface area contributed by atoms with Crippen LogP contribution in [0.4, 0.5) is 0 Å². The topological polar surface area (TPSA) is 71.3 Å². The second-order valence-electron chi connectivity index (χ2n) is 4.63. The Morgan fingerprint density at radius 1 is 1.27 bits per heavy atom. The zero-order valence-corrected chi connectivity index (χ0v) is 11.9. The number of pyridine rings is 1. The zero-order chi connectivity index (χ0) is 15.9. The summed E-state index contributed by atoms with van der Waals surface area (Å²) in [4.78, 5) is 24.4. The number of hydrogen-bond acceptors (Lipinski definition) is 3. The van der Waals surface area contributed by atoms with Gasteiger partial charge in [-0.25, -0.2) is 0 Å². The second kappa shape index (κ2) is 7.25. The van der Waals surface area contributed by atoms with E-state index in [9.17, 15) is 14.7 Å². The number of aromatic nitrogens is 1. The third-order valence-corrected chi connectivity index (χ3v) is 3.26. The summed E-state index contributed by atoms with van der Waals surface area (Å²) >= 11 is 0. The first kappa shape index (κ1) is 15.5. The molecule has 2 aromatic rings. The van der Waals surface area contributed by atoms with Gasteiger partial charge in [0.15, 0.2) is 0 Å². The zero-order valence-electron chi connectivity index (χ0n) is 11.9. The molecule has 0 saturated carbocycles. The van der Waals surface area contributed by atoms with E-state index in [4.69, 9.17) is 6.42 Å². The number of rotatable bonds is 5. The highest BCUT2D eigenvalue weighted by Gasteiger charge is 2.17. The normalized spacial score (nSPS) is 11.5. The molecule has 2 N–H and O–H groups in total. The van der Waals surface area contributed by atoms with Crippen molar-refractivity contribution in [3.63, 3.8) is 0 Å². The smallest absolute Gasteiger partial charge is 0.264 e. The van der Waals surface area contributed by atoms with Gasteiger partial charge in [0.2, 0.25) is 0 Å². The van der Waals surface area contributed by atoms with Crippen LogP contribution < -0.4 is 10.9 Å². The van der Waals surface area contributed by atoms with Gasteiger partial charge in [0.1, 0.15) is 5.56 Å². The Balaban J connectivity index is 2.42. The van der Waals surface area contributed by atoms with Crippen LogP contribution in [0.5, 0.6) is 0 Å². The predicted octanol–water partition coefficient (Wildman–Crippen LogP) is 0.793. The highest BCUT2D eigenvalue weighted by atomic mass is 16.3. The Morgan fingerprint density at radius 3 is 2.64 bits per heavy atom. The van der Waals surface area contributed by atoms with Gasteiger partial charge in [-0.2, -0.15) is 0 Å². The minimum Gasteiger partial charge on any atom is -0.394 e. The standard InChI is InChI=1S/C17H16N2O3/c1-2-10-18-16(21)14-9-6-11-19(17(14)22)15(12-20)13-7-4-3-5-8-13/h1,3-9,11,15,20H,10,12H2,(H,18,21)/t15-/m1/s1. The van der Waals surface area contributed by atoms with E-state index in [1.807, 2.05) is 30.3 Å². The van der Waals surface area contributed by atoms with E-state index in [-0.39, 0.29) is 18.7 Å². The Kier molecular flexibility index (Phi) is 5.12. The molecule has 0 fully saturated rings. The maximum absolute atomic E-state index is 12.5. The molecular weight excluding hydrogens is 280 g/mol. The average Bonchev–Trinajstić information content (AvgIpc) is 2.56. The van der Waals surface area contributed by atoms with E-state index in [1.165, 1.54) is 10.6 Å². The Bertz CT molecular complexity index is 744. The van der Waals surface area contributed by atoms with Gasteiger partial charge >= 0.3 is 0 Å². The van der Waals surface area contributed by atoms with E-state index in [0.29, 0.717) is 0 Å². The summed E-state index contributed by atoms with van der Waals surface area (Å²) in [7, 11) is 0. The van der Waals surface area contributed by atoms with Crippen molar-refractivity contribution in [2.75, 3.05) is 13.2 Å². The number of aliphatic hydroxyl groups is 1. The van der Waals surface area contributed by atoms with Gasteiger partial charge in [0.05, 0.1) is 19.2 Å². The van der Waals surface area contributed by atoms with Crippen LogP contribution in [0.2, 0.25) is 0 Å². The van der Waals surface area contributed by atoms with Crippen molar-refractivity contribution in [3.8, 4) is 12.3 Å². The van der Waals surface area contributed by atoms with Gasteiger partial charge in [-0.05, 0) is 17.7 Å². The lowest BCUT2D eigenvalue weighted by Crippen LogP contribution is -2.35. The summed E-state index contributed by atoms with van der Waals surface area (Å²) in [5, 5.41) is 12.1. The van der Waals surface area contributed by atoms with Gasteiger partial charge in [-0.3, -0.25) is 9.59 Å². The quantitative estimate of drug-likeness (QED) is 0.802. The Hall–Kier alpha value is -2.84. The van der Waals surface area contributed by atoms with E-state index in [2.05, 4.69) is 11.2 Å².